The number of pyridine rings is 1. The van der Waals surface area contributed by atoms with Crippen LogP contribution in [0.5, 0.6) is 0 Å². The summed E-state index contributed by atoms with van der Waals surface area (Å²) in [7, 11) is -3.45. The maximum absolute atomic E-state index is 12.0. The van der Waals surface area contributed by atoms with Gasteiger partial charge in [-0.2, -0.15) is 0 Å². The normalized spacial score (nSPS) is 13.3. The first kappa shape index (κ1) is 14.9. The van der Waals surface area contributed by atoms with Crippen LogP contribution in [0.1, 0.15) is 33.6 Å². The zero-order valence-corrected chi connectivity index (χ0v) is 11.9. The number of sulfonamides is 1. The van der Waals surface area contributed by atoms with E-state index in [1.54, 1.807) is 12.1 Å². The lowest BCUT2D eigenvalue weighted by Gasteiger charge is -2.13. The van der Waals surface area contributed by atoms with Crippen molar-refractivity contribution in [2.45, 2.75) is 44.6 Å². The molecule has 18 heavy (non-hydrogen) atoms. The monoisotopic (exact) mass is 271 g/mol. The Morgan fingerprint density at radius 3 is 2.56 bits per heavy atom. The largest absolute Gasteiger partial charge is 0.370 e. The molecule has 2 N–H and O–H groups in total. The van der Waals surface area contributed by atoms with Crippen LogP contribution < -0.4 is 10.0 Å². The molecule has 1 unspecified atom stereocenters. The van der Waals surface area contributed by atoms with Crippen LogP contribution in [0.4, 0.5) is 5.82 Å². The van der Waals surface area contributed by atoms with E-state index in [9.17, 15) is 8.42 Å². The summed E-state index contributed by atoms with van der Waals surface area (Å²) in [4.78, 5) is 4.26. The summed E-state index contributed by atoms with van der Waals surface area (Å²) in [6, 6.07) is 3.17. The Morgan fingerprint density at radius 2 is 2.06 bits per heavy atom. The van der Waals surface area contributed by atoms with Crippen molar-refractivity contribution in [3.8, 4) is 0 Å². The molecule has 102 valence electrons. The van der Waals surface area contributed by atoms with Crippen molar-refractivity contribution in [3.63, 3.8) is 0 Å². The van der Waals surface area contributed by atoms with Crippen molar-refractivity contribution < 1.29 is 8.42 Å². The molecule has 0 saturated carbocycles. The van der Waals surface area contributed by atoms with Gasteiger partial charge in [0.15, 0.2) is 0 Å². The van der Waals surface area contributed by atoms with Gasteiger partial charge < -0.3 is 5.32 Å². The topological polar surface area (TPSA) is 71.1 Å². The molecule has 1 heterocycles. The molecule has 0 aromatic carbocycles. The highest BCUT2D eigenvalue weighted by Crippen LogP contribution is 2.11. The third-order valence-electron chi connectivity index (χ3n) is 2.48. The van der Waals surface area contributed by atoms with Gasteiger partial charge in [0.2, 0.25) is 10.0 Å². The van der Waals surface area contributed by atoms with Crippen LogP contribution in [0, 0.1) is 0 Å². The lowest BCUT2D eigenvalue weighted by atomic mass is 10.2. The molecule has 0 aliphatic heterocycles. The third kappa shape index (κ3) is 4.27. The number of rotatable bonds is 7. The maximum atomic E-state index is 12.0. The minimum absolute atomic E-state index is 0.0616. The summed E-state index contributed by atoms with van der Waals surface area (Å²) >= 11 is 0. The molecule has 1 atom stereocenters. The van der Waals surface area contributed by atoms with Gasteiger partial charge in [-0.15, -0.1) is 0 Å². The first-order valence-electron chi connectivity index (χ1n) is 6.21. The SMILES string of the molecule is CCCC(C)NS(=O)(=O)c1ccc(NCC)nc1. The van der Waals surface area contributed by atoms with Crippen LogP contribution in [0.2, 0.25) is 0 Å². The fourth-order valence-corrected chi connectivity index (χ4v) is 2.87. The van der Waals surface area contributed by atoms with E-state index in [1.165, 1.54) is 6.20 Å². The van der Waals surface area contributed by atoms with E-state index in [4.69, 9.17) is 0 Å². The van der Waals surface area contributed by atoms with E-state index in [2.05, 4.69) is 15.0 Å². The number of nitrogens with zero attached hydrogens (tertiary/aromatic N) is 1. The molecule has 0 radical (unpaired) electrons. The Hall–Kier alpha value is -1.14. The highest BCUT2D eigenvalue weighted by Gasteiger charge is 2.17. The van der Waals surface area contributed by atoms with Crippen LogP contribution in [0.15, 0.2) is 23.2 Å². The van der Waals surface area contributed by atoms with Gasteiger partial charge in [-0.3, -0.25) is 0 Å². The van der Waals surface area contributed by atoms with Crippen molar-refractivity contribution >= 4 is 15.8 Å². The predicted octanol–water partition coefficient (Wildman–Crippen LogP) is 1.98. The second-order valence-corrected chi connectivity index (χ2v) is 5.93. The van der Waals surface area contributed by atoms with Crippen LogP contribution >= 0.6 is 0 Å². The number of hydrogen-bond acceptors (Lipinski definition) is 4. The Bertz CT molecular complexity index is 457. The molecule has 0 amide bonds. The molecular formula is C12H21N3O2S. The molecule has 0 aliphatic carbocycles. The number of hydrogen-bond donors (Lipinski definition) is 2. The molecule has 0 aliphatic rings. The second kappa shape index (κ2) is 6.70. The molecule has 6 heteroatoms. The Labute approximate surface area is 109 Å². The average molecular weight is 271 g/mol. The van der Waals surface area contributed by atoms with Gasteiger partial charge in [-0.1, -0.05) is 13.3 Å². The van der Waals surface area contributed by atoms with Crippen molar-refractivity contribution in [1.29, 1.82) is 0 Å². The van der Waals surface area contributed by atoms with Gasteiger partial charge in [-0.25, -0.2) is 18.1 Å². The minimum Gasteiger partial charge on any atom is -0.370 e. The van der Waals surface area contributed by atoms with E-state index >= 15 is 0 Å². The van der Waals surface area contributed by atoms with E-state index < -0.39 is 10.0 Å². The molecule has 1 aromatic rings. The average Bonchev–Trinajstić information content (AvgIpc) is 2.29. The van der Waals surface area contributed by atoms with Crippen LogP contribution in [0.3, 0.4) is 0 Å². The molecule has 0 fully saturated rings. The zero-order chi connectivity index (χ0) is 13.6. The summed E-state index contributed by atoms with van der Waals surface area (Å²) in [6.45, 7) is 6.60. The minimum atomic E-state index is -3.45. The predicted molar refractivity (Wildman–Crippen MR) is 73.1 cm³/mol. The number of nitrogens with one attached hydrogen (secondary N) is 2. The summed E-state index contributed by atoms with van der Waals surface area (Å²) in [5.74, 6) is 0.679. The number of aromatic nitrogens is 1. The summed E-state index contributed by atoms with van der Waals surface area (Å²) in [6.07, 6.45) is 3.14. The summed E-state index contributed by atoms with van der Waals surface area (Å²) in [5, 5.41) is 3.02. The van der Waals surface area contributed by atoms with Crippen LogP contribution in [0.25, 0.3) is 0 Å². The first-order chi connectivity index (χ1) is 8.49. The van der Waals surface area contributed by atoms with Gasteiger partial charge in [0.1, 0.15) is 10.7 Å². The quantitative estimate of drug-likeness (QED) is 0.795. The second-order valence-electron chi connectivity index (χ2n) is 4.22. The van der Waals surface area contributed by atoms with Crippen molar-refractivity contribution in [2.24, 2.45) is 0 Å². The molecule has 0 bridgehead atoms. The Morgan fingerprint density at radius 1 is 1.33 bits per heavy atom. The molecule has 5 nitrogen and oxygen atoms in total. The highest BCUT2D eigenvalue weighted by atomic mass is 32.2. The zero-order valence-electron chi connectivity index (χ0n) is 11.1. The maximum Gasteiger partial charge on any atom is 0.242 e. The first-order valence-corrected chi connectivity index (χ1v) is 7.70. The van der Waals surface area contributed by atoms with Gasteiger partial charge in [0, 0.05) is 18.8 Å². The van der Waals surface area contributed by atoms with Gasteiger partial charge in [-0.05, 0) is 32.4 Å². The fourth-order valence-electron chi connectivity index (χ4n) is 1.65. The summed E-state index contributed by atoms with van der Waals surface area (Å²) in [5.41, 5.74) is 0. The Kier molecular flexibility index (Phi) is 5.55. The van der Waals surface area contributed by atoms with Gasteiger partial charge >= 0.3 is 0 Å². The van der Waals surface area contributed by atoms with Gasteiger partial charge in [0.05, 0.1) is 0 Å². The van der Waals surface area contributed by atoms with E-state index in [-0.39, 0.29) is 10.9 Å². The third-order valence-corrected chi connectivity index (χ3v) is 4.06. The molecule has 0 spiro atoms. The molecular weight excluding hydrogens is 250 g/mol. The molecule has 1 aromatic heterocycles. The van der Waals surface area contributed by atoms with Crippen molar-refractivity contribution in [2.75, 3.05) is 11.9 Å². The van der Waals surface area contributed by atoms with E-state index in [0.717, 1.165) is 19.4 Å². The lowest BCUT2D eigenvalue weighted by Crippen LogP contribution is -2.32. The van der Waals surface area contributed by atoms with Crippen molar-refractivity contribution in [1.82, 2.24) is 9.71 Å². The van der Waals surface area contributed by atoms with E-state index in [1.807, 2.05) is 20.8 Å². The summed E-state index contributed by atoms with van der Waals surface area (Å²) < 4.78 is 26.7. The fraction of sp³-hybridized carbons (Fsp3) is 0.583. The van der Waals surface area contributed by atoms with Crippen molar-refractivity contribution in [3.05, 3.63) is 18.3 Å². The van der Waals surface area contributed by atoms with Crippen LogP contribution in [-0.2, 0) is 10.0 Å². The van der Waals surface area contributed by atoms with Gasteiger partial charge in [0.25, 0.3) is 0 Å². The standard InChI is InChI=1S/C12H21N3O2S/c1-4-6-10(3)15-18(16,17)11-7-8-12(13-5-2)14-9-11/h7-10,15H,4-6H2,1-3H3,(H,13,14). The molecule has 0 saturated heterocycles. The lowest BCUT2D eigenvalue weighted by molar-refractivity contribution is 0.543. The highest BCUT2D eigenvalue weighted by molar-refractivity contribution is 7.89. The Balaban J connectivity index is 2.78. The van der Waals surface area contributed by atoms with Crippen LogP contribution in [-0.4, -0.2) is 26.0 Å². The number of anilines is 1. The molecule has 1 rings (SSSR count). The van der Waals surface area contributed by atoms with E-state index in [0.29, 0.717) is 5.82 Å². The smallest absolute Gasteiger partial charge is 0.242 e.